The Morgan fingerprint density at radius 3 is 2.08 bits per heavy atom. The van der Waals surface area contributed by atoms with E-state index in [4.69, 9.17) is 39.5 Å². The van der Waals surface area contributed by atoms with Crippen molar-refractivity contribution in [3.05, 3.63) is 135 Å². The van der Waals surface area contributed by atoms with Crippen molar-refractivity contribution in [2.75, 3.05) is 6.61 Å². The van der Waals surface area contributed by atoms with Crippen molar-refractivity contribution in [2.24, 2.45) is 0 Å². The molecule has 2 amide bonds. The van der Waals surface area contributed by atoms with Gasteiger partial charge in [0.05, 0.1) is 5.02 Å². The van der Waals surface area contributed by atoms with Gasteiger partial charge in [-0.1, -0.05) is 108 Å². The molecule has 0 saturated carbocycles. The Kier molecular flexibility index (Phi) is 9.66. The fourth-order valence-corrected chi connectivity index (χ4v) is 4.44. The first-order valence-electron chi connectivity index (χ1n) is 11.9. The van der Waals surface area contributed by atoms with Crippen molar-refractivity contribution in [1.82, 2.24) is 10.2 Å². The molecule has 4 aromatic carbocycles. The molecule has 0 heterocycles. The van der Waals surface area contributed by atoms with Gasteiger partial charge in [0, 0.05) is 23.1 Å². The number of nitrogens with one attached hydrogen (secondary N) is 1. The number of rotatable bonds is 10. The topological polar surface area (TPSA) is 58.6 Å². The number of carbonyl (C=O) groups excluding carboxylic acids is 2. The minimum absolute atomic E-state index is 0.154. The molecular weight excluding hydrogens is 543 g/mol. The second kappa shape index (κ2) is 13.3. The third-order valence-corrected chi connectivity index (χ3v) is 6.79. The summed E-state index contributed by atoms with van der Waals surface area (Å²) in [4.78, 5) is 28.9. The van der Waals surface area contributed by atoms with Gasteiger partial charge >= 0.3 is 0 Å². The summed E-state index contributed by atoms with van der Waals surface area (Å²) in [5.41, 5.74) is 2.23. The van der Waals surface area contributed by atoms with Crippen molar-refractivity contribution in [3.63, 3.8) is 0 Å². The van der Waals surface area contributed by atoms with Crippen LogP contribution in [0.4, 0.5) is 0 Å². The van der Waals surface area contributed by atoms with Crippen molar-refractivity contribution in [1.29, 1.82) is 0 Å². The van der Waals surface area contributed by atoms with Crippen molar-refractivity contribution >= 4 is 46.6 Å². The number of halogens is 3. The lowest BCUT2D eigenvalue weighted by Gasteiger charge is -2.31. The molecule has 4 rings (SSSR count). The summed E-state index contributed by atoms with van der Waals surface area (Å²) < 4.78 is 5.75. The van der Waals surface area contributed by atoms with Gasteiger partial charge in [-0.05, 0) is 47.0 Å². The highest BCUT2D eigenvalue weighted by Crippen LogP contribution is 2.27. The van der Waals surface area contributed by atoms with Gasteiger partial charge in [-0.25, -0.2) is 0 Å². The Balaban J connectivity index is 1.64. The van der Waals surface area contributed by atoms with Crippen LogP contribution in [0.2, 0.25) is 15.1 Å². The molecule has 0 radical (unpaired) electrons. The van der Waals surface area contributed by atoms with Crippen LogP contribution in [0.3, 0.4) is 0 Å². The highest BCUT2D eigenvalue weighted by atomic mass is 35.5. The monoisotopic (exact) mass is 566 g/mol. The molecule has 0 aromatic heterocycles. The Morgan fingerprint density at radius 2 is 1.39 bits per heavy atom. The van der Waals surface area contributed by atoms with Crippen LogP contribution in [0.5, 0.6) is 5.75 Å². The van der Waals surface area contributed by atoms with E-state index in [1.165, 1.54) is 4.90 Å². The third-order valence-electron chi connectivity index (χ3n) is 5.86. The van der Waals surface area contributed by atoms with Gasteiger partial charge in [-0.2, -0.15) is 0 Å². The number of para-hydroxylation sites is 1. The summed E-state index contributed by atoms with van der Waals surface area (Å²) in [7, 11) is 0. The highest BCUT2D eigenvalue weighted by molar-refractivity contribution is 6.32. The van der Waals surface area contributed by atoms with Gasteiger partial charge in [-0.15, -0.1) is 0 Å². The smallest absolute Gasteiger partial charge is 0.261 e. The Bertz CT molecular complexity index is 1380. The SMILES string of the molecule is O=C(NCc1ccccc1Cl)[C@@H](c1ccccc1)N(Cc1ccc(Cl)cc1)C(=O)COc1ccccc1Cl. The lowest BCUT2D eigenvalue weighted by molar-refractivity contribution is -0.143. The largest absolute Gasteiger partial charge is 0.482 e. The van der Waals surface area contributed by atoms with Gasteiger partial charge in [0.15, 0.2) is 6.61 Å². The second-order valence-electron chi connectivity index (χ2n) is 8.49. The van der Waals surface area contributed by atoms with Crippen molar-refractivity contribution in [2.45, 2.75) is 19.1 Å². The number of hydrogen-bond donors (Lipinski definition) is 1. The number of benzene rings is 4. The molecule has 0 bridgehead atoms. The summed E-state index contributed by atoms with van der Waals surface area (Å²) in [5, 5.41) is 4.46. The van der Waals surface area contributed by atoms with E-state index >= 15 is 0 Å². The molecule has 0 spiro atoms. The van der Waals surface area contributed by atoms with E-state index in [0.29, 0.717) is 26.4 Å². The van der Waals surface area contributed by atoms with Crippen LogP contribution < -0.4 is 10.1 Å². The molecule has 1 N–H and O–H groups in total. The van der Waals surface area contributed by atoms with E-state index in [0.717, 1.165) is 11.1 Å². The lowest BCUT2D eigenvalue weighted by atomic mass is 10.0. The van der Waals surface area contributed by atoms with Gasteiger partial charge in [0.25, 0.3) is 5.91 Å². The van der Waals surface area contributed by atoms with Gasteiger partial charge in [-0.3, -0.25) is 9.59 Å². The lowest BCUT2D eigenvalue weighted by Crippen LogP contribution is -2.45. The molecule has 0 unspecified atom stereocenters. The highest BCUT2D eigenvalue weighted by Gasteiger charge is 2.32. The first kappa shape index (κ1) is 27.5. The summed E-state index contributed by atoms with van der Waals surface area (Å²) in [6.07, 6.45) is 0. The van der Waals surface area contributed by atoms with E-state index in [1.807, 2.05) is 60.7 Å². The molecule has 0 aliphatic rings. The predicted octanol–water partition coefficient (Wildman–Crippen LogP) is 7.11. The maximum Gasteiger partial charge on any atom is 0.261 e. The standard InChI is InChI=1S/C30H25Cl3N2O3/c31-24-16-14-21(15-17-24)19-35(28(36)20-38-27-13-7-6-12-26(27)33)29(22-8-2-1-3-9-22)30(37)34-18-23-10-4-5-11-25(23)32/h1-17,29H,18-20H2,(H,34,37)/t29-/m1/s1. The van der Waals surface area contributed by atoms with Crippen LogP contribution >= 0.6 is 34.8 Å². The van der Waals surface area contributed by atoms with Crippen LogP contribution in [0.25, 0.3) is 0 Å². The fraction of sp³-hybridized carbons (Fsp3) is 0.133. The average molecular weight is 568 g/mol. The Morgan fingerprint density at radius 1 is 0.763 bits per heavy atom. The quantitative estimate of drug-likeness (QED) is 0.222. The summed E-state index contributed by atoms with van der Waals surface area (Å²) in [5.74, 6) is -0.355. The first-order chi connectivity index (χ1) is 18.4. The molecule has 0 aliphatic carbocycles. The van der Waals surface area contributed by atoms with Gasteiger partial charge in [0.2, 0.25) is 5.91 Å². The molecule has 1 atom stereocenters. The Labute approximate surface area is 236 Å². The summed E-state index contributed by atoms with van der Waals surface area (Å²) in [6.45, 7) is 0.0559. The van der Waals surface area contributed by atoms with Crippen LogP contribution in [0.15, 0.2) is 103 Å². The number of carbonyl (C=O) groups is 2. The number of nitrogens with zero attached hydrogens (tertiary/aromatic N) is 1. The second-order valence-corrected chi connectivity index (χ2v) is 9.74. The average Bonchev–Trinajstić information content (AvgIpc) is 2.93. The Hall–Kier alpha value is -3.51. The molecule has 0 aliphatic heterocycles. The fourth-order valence-electron chi connectivity index (χ4n) is 3.92. The van der Waals surface area contributed by atoms with Gasteiger partial charge < -0.3 is 15.0 Å². The van der Waals surface area contributed by atoms with Crippen LogP contribution in [-0.4, -0.2) is 23.3 Å². The van der Waals surface area contributed by atoms with Crippen LogP contribution in [0.1, 0.15) is 22.7 Å². The number of ether oxygens (including phenoxy) is 1. The first-order valence-corrected chi connectivity index (χ1v) is 13.0. The zero-order chi connectivity index (χ0) is 26.9. The minimum atomic E-state index is -0.934. The van der Waals surface area contributed by atoms with Crippen LogP contribution in [-0.2, 0) is 22.7 Å². The predicted molar refractivity (Wildman–Crippen MR) is 151 cm³/mol. The molecule has 194 valence electrons. The van der Waals surface area contributed by atoms with E-state index in [9.17, 15) is 9.59 Å². The van der Waals surface area contributed by atoms with Crippen molar-refractivity contribution in [3.8, 4) is 5.75 Å². The molecule has 8 heteroatoms. The van der Waals surface area contributed by atoms with Crippen LogP contribution in [0, 0.1) is 0 Å². The third kappa shape index (κ3) is 7.29. The zero-order valence-corrected chi connectivity index (χ0v) is 22.6. The molecule has 0 saturated heterocycles. The molecule has 0 fully saturated rings. The number of amides is 2. The minimum Gasteiger partial charge on any atom is -0.482 e. The normalized spacial score (nSPS) is 11.4. The van der Waals surface area contributed by atoms with Gasteiger partial charge in [0.1, 0.15) is 11.8 Å². The van der Waals surface area contributed by atoms with E-state index < -0.39 is 6.04 Å². The molecule has 38 heavy (non-hydrogen) atoms. The zero-order valence-electron chi connectivity index (χ0n) is 20.3. The molecule has 5 nitrogen and oxygen atoms in total. The summed E-state index contributed by atoms with van der Waals surface area (Å²) >= 11 is 18.6. The molecular formula is C30H25Cl3N2O3. The van der Waals surface area contributed by atoms with E-state index in [1.54, 1.807) is 42.5 Å². The number of hydrogen-bond acceptors (Lipinski definition) is 3. The maximum atomic E-state index is 13.7. The van der Waals surface area contributed by atoms with E-state index in [2.05, 4.69) is 5.32 Å². The maximum absolute atomic E-state index is 13.7. The summed E-state index contributed by atoms with van der Waals surface area (Å²) in [6, 6.07) is 29.5. The van der Waals surface area contributed by atoms with Crippen molar-refractivity contribution < 1.29 is 14.3 Å². The molecule has 4 aromatic rings. The van der Waals surface area contributed by atoms with E-state index in [-0.39, 0.29) is 31.5 Å².